The van der Waals surface area contributed by atoms with E-state index in [1.54, 1.807) is 12.1 Å². The summed E-state index contributed by atoms with van der Waals surface area (Å²) in [4.78, 5) is 18.9. The molecule has 2 rings (SSSR count). The van der Waals surface area contributed by atoms with Crippen molar-refractivity contribution in [3.05, 3.63) is 28.0 Å². The minimum atomic E-state index is -0.257. The first-order chi connectivity index (χ1) is 9.01. The molecule has 0 bridgehead atoms. The molecule has 0 saturated heterocycles. The number of carbonyl (C=O) groups excluding carboxylic acids is 1. The summed E-state index contributed by atoms with van der Waals surface area (Å²) in [5.41, 5.74) is 1.48. The zero-order valence-corrected chi connectivity index (χ0v) is 12.0. The van der Waals surface area contributed by atoms with Gasteiger partial charge in [0.15, 0.2) is 0 Å². The van der Waals surface area contributed by atoms with Gasteiger partial charge in [-0.25, -0.2) is 4.98 Å². The van der Waals surface area contributed by atoms with Gasteiger partial charge in [-0.05, 0) is 19.1 Å². The molecule has 1 aromatic carbocycles. The van der Waals surface area contributed by atoms with E-state index < -0.39 is 0 Å². The lowest BCUT2D eigenvalue weighted by Crippen LogP contribution is -2.30. The number of halogens is 2. The number of carbonyl (C=O) groups is 1. The van der Waals surface area contributed by atoms with Crippen LogP contribution in [0.1, 0.15) is 18.8 Å². The Kier molecular flexibility index (Phi) is 4.29. The van der Waals surface area contributed by atoms with E-state index in [1.807, 2.05) is 6.92 Å². The lowest BCUT2D eigenvalue weighted by Gasteiger charge is -2.10. The molecule has 1 atom stereocenters. The number of fused-ring (bicyclic) bond motifs is 1. The molecular formula is C12H13Cl2N3O2. The highest BCUT2D eigenvalue weighted by atomic mass is 35.5. The number of methoxy groups -OCH3 is 1. The first kappa shape index (κ1) is 14.1. The predicted molar refractivity (Wildman–Crippen MR) is 74.5 cm³/mol. The fourth-order valence-corrected chi connectivity index (χ4v) is 2.03. The van der Waals surface area contributed by atoms with E-state index >= 15 is 0 Å². The third-order valence-electron chi connectivity index (χ3n) is 2.61. The van der Waals surface area contributed by atoms with Crippen molar-refractivity contribution in [2.75, 3.05) is 13.7 Å². The van der Waals surface area contributed by atoms with Gasteiger partial charge in [0.25, 0.3) is 0 Å². The first-order valence-electron chi connectivity index (χ1n) is 5.64. The van der Waals surface area contributed by atoms with Crippen LogP contribution in [0.15, 0.2) is 12.1 Å². The van der Waals surface area contributed by atoms with Gasteiger partial charge in [0.1, 0.15) is 12.4 Å². The van der Waals surface area contributed by atoms with Gasteiger partial charge in [-0.2, -0.15) is 0 Å². The number of rotatable bonds is 4. The molecule has 2 N–H and O–H groups in total. The van der Waals surface area contributed by atoms with Crippen LogP contribution in [0, 0.1) is 0 Å². The normalized spacial score (nSPS) is 12.6. The van der Waals surface area contributed by atoms with Crippen LogP contribution in [0.4, 0.5) is 0 Å². The minimum absolute atomic E-state index is 0.0161. The van der Waals surface area contributed by atoms with Crippen LogP contribution >= 0.6 is 23.2 Å². The zero-order valence-electron chi connectivity index (χ0n) is 10.5. The number of H-pyrrole nitrogens is 1. The summed E-state index contributed by atoms with van der Waals surface area (Å²) in [6.45, 7) is 1.84. The van der Waals surface area contributed by atoms with E-state index in [0.717, 1.165) is 5.52 Å². The topological polar surface area (TPSA) is 67.0 Å². The molecule has 5 nitrogen and oxygen atoms in total. The smallest absolute Gasteiger partial charge is 0.246 e. The molecule has 1 heterocycles. The number of nitrogens with zero attached hydrogens (tertiary/aromatic N) is 1. The van der Waals surface area contributed by atoms with Gasteiger partial charge >= 0.3 is 0 Å². The fraction of sp³-hybridized carbons (Fsp3) is 0.333. The van der Waals surface area contributed by atoms with Crippen molar-refractivity contribution in [2.24, 2.45) is 0 Å². The standard InChI is InChI=1S/C12H13Cl2N3O2/c1-6(15-11(18)5-19-2)12-16-9-3-7(13)8(14)4-10(9)17-12/h3-4,6H,5H2,1-2H3,(H,15,18)(H,16,17)/t6-/m0/s1. The molecule has 0 saturated carbocycles. The van der Waals surface area contributed by atoms with Gasteiger partial charge in [-0.3, -0.25) is 4.79 Å². The quantitative estimate of drug-likeness (QED) is 0.912. The highest BCUT2D eigenvalue weighted by Crippen LogP contribution is 2.27. The molecule has 0 spiro atoms. The molecule has 1 amide bonds. The average Bonchev–Trinajstić information content (AvgIpc) is 2.73. The Balaban J connectivity index is 2.23. The maximum Gasteiger partial charge on any atom is 0.246 e. The van der Waals surface area contributed by atoms with Crippen molar-refractivity contribution in [1.29, 1.82) is 0 Å². The van der Waals surface area contributed by atoms with Crippen molar-refractivity contribution in [1.82, 2.24) is 15.3 Å². The molecule has 1 aromatic heterocycles. The van der Waals surface area contributed by atoms with Crippen LogP contribution < -0.4 is 5.32 Å². The number of imidazole rings is 1. The molecule has 102 valence electrons. The van der Waals surface area contributed by atoms with Gasteiger partial charge in [0.2, 0.25) is 5.91 Å². The second kappa shape index (κ2) is 5.77. The van der Waals surface area contributed by atoms with E-state index in [9.17, 15) is 4.79 Å². The molecule has 7 heteroatoms. The van der Waals surface area contributed by atoms with Crippen molar-refractivity contribution in [3.8, 4) is 0 Å². The van der Waals surface area contributed by atoms with E-state index in [0.29, 0.717) is 21.4 Å². The number of ether oxygens (including phenoxy) is 1. The Morgan fingerprint density at radius 2 is 2.16 bits per heavy atom. The number of nitrogens with one attached hydrogen (secondary N) is 2. The maximum absolute atomic E-state index is 11.4. The van der Waals surface area contributed by atoms with Crippen LogP contribution in [0.2, 0.25) is 10.0 Å². The van der Waals surface area contributed by atoms with E-state index in [-0.39, 0.29) is 18.6 Å². The van der Waals surface area contributed by atoms with Crippen LogP contribution in [0.3, 0.4) is 0 Å². The number of amides is 1. The Labute approximate surface area is 120 Å². The van der Waals surface area contributed by atoms with Crippen LogP contribution in [0.5, 0.6) is 0 Å². The monoisotopic (exact) mass is 301 g/mol. The Morgan fingerprint density at radius 3 is 2.84 bits per heavy atom. The number of benzene rings is 1. The molecule has 0 aliphatic carbocycles. The van der Waals surface area contributed by atoms with Crippen molar-refractivity contribution < 1.29 is 9.53 Å². The van der Waals surface area contributed by atoms with Gasteiger partial charge in [-0.15, -0.1) is 0 Å². The average molecular weight is 302 g/mol. The molecule has 2 aromatic rings. The van der Waals surface area contributed by atoms with Crippen LogP contribution in [-0.2, 0) is 9.53 Å². The third-order valence-corrected chi connectivity index (χ3v) is 3.33. The lowest BCUT2D eigenvalue weighted by atomic mass is 10.3. The summed E-state index contributed by atoms with van der Waals surface area (Å²) in [5.74, 6) is 0.435. The van der Waals surface area contributed by atoms with Gasteiger partial charge in [-0.1, -0.05) is 23.2 Å². The lowest BCUT2D eigenvalue weighted by molar-refractivity contribution is -0.125. The molecule has 0 aliphatic heterocycles. The molecule has 0 radical (unpaired) electrons. The summed E-state index contributed by atoms with van der Waals surface area (Å²) in [5, 5.41) is 3.67. The molecule has 0 fully saturated rings. The summed E-state index contributed by atoms with van der Waals surface area (Å²) >= 11 is 11.9. The highest BCUT2D eigenvalue weighted by molar-refractivity contribution is 6.42. The Bertz CT molecular complexity index is 573. The summed E-state index contributed by atoms with van der Waals surface area (Å²) in [6, 6.07) is 3.13. The van der Waals surface area contributed by atoms with Crippen LogP contribution in [-0.4, -0.2) is 29.6 Å². The van der Waals surface area contributed by atoms with Crippen LogP contribution in [0.25, 0.3) is 11.0 Å². The number of hydrogen-bond donors (Lipinski definition) is 2. The van der Waals surface area contributed by atoms with Gasteiger partial charge in [0, 0.05) is 7.11 Å². The molecule has 0 unspecified atom stereocenters. The SMILES string of the molecule is COCC(=O)N[C@@H](C)c1nc2cc(Cl)c(Cl)cc2[nH]1. The van der Waals surface area contributed by atoms with Crippen molar-refractivity contribution >= 4 is 40.1 Å². The summed E-state index contributed by atoms with van der Waals surface area (Å²) in [6.07, 6.45) is 0. The van der Waals surface area contributed by atoms with E-state index in [4.69, 9.17) is 27.9 Å². The number of aromatic nitrogens is 2. The van der Waals surface area contributed by atoms with Gasteiger partial charge < -0.3 is 15.0 Å². The molecule has 0 aliphatic rings. The zero-order chi connectivity index (χ0) is 14.0. The summed E-state index contributed by atoms with van der Waals surface area (Å²) < 4.78 is 4.75. The Hall–Kier alpha value is -1.30. The molecule has 19 heavy (non-hydrogen) atoms. The first-order valence-corrected chi connectivity index (χ1v) is 6.40. The minimum Gasteiger partial charge on any atom is -0.375 e. The number of aromatic amines is 1. The third kappa shape index (κ3) is 3.18. The molecular weight excluding hydrogens is 289 g/mol. The van der Waals surface area contributed by atoms with Crippen molar-refractivity contribution in [2.45, 2.75) is 13.0 Å². The summed E-state index contributed by atoms with van der Waals surface area (Å²) in [7, 11) is 1.47. The predicted octanol–water partition coefficient (Wildman–Crippen LogP) is 2.69. The van der Waals surface area contributed by atoms with E-state index in [2.05, 4.69) is 15.3 Å². The largest absolute Gasteiger partial charge is 0.375 e. The van der Waals surface area contributed by atoms with E-state index in [1.165, 1.54) is 7.11 Å². The fourth-order valence-electron chi connectivity index (χ4n) is 1.71. The second-order valence-electron chi connectivity index (χ2n) is 4.13. The Morgan fingerprint density at radius 1 is 1.47 bits per heavy atom. The maximum atomic E-state index is 11.4. The number of hydrogen-bond acceptors (Lipinski definition) is 3. The highest BCUT2D eigenvalue weighted by Gasteiger charge is 2.14. The van der Waals surface area contributed by atoms with Crippen molar-refractivity contribution in [3.63, 3.8) is 0 Å². The second-order valence-corrected chi connectivity index (χ2v) is 4.94. The van der Waals surface area contributed by atoms with Gasteiger partial charge in [0.05, 0.1) is 27.1 Å².